The number of allylic oxidation sites excluding steroid dienone is 1. The second-order valence-corrected chi connectivity index (χ2v) is 8.71. The van der Waals surface area contributed by atoms with Gasteiger partial charge < -0.3 is 0 Å². The fourth-order valence-corrected chi connectivity index (χ4v) is 5.62. The van der Waals surface area contributed by atoms with Gasteiger partial charge in [0.05, 0.1) is 5.69 Å². The summed E-state index contributed by atoms with van der Waals surface area (Å²) in [6.45, 7) is 1.91. The lowest BCUT2D eigenvalue weighted by Gasteiger charge is -2.21. The molecule has 0 aliphatic carbocycles. The molecule has 3 nitrogen and oxygen atoms in total. The van der Waals surface area contributed by atoms with Gasteiger partial charge >= 0.3 is 0 Å². The highest BCUT2D eigenvalue weighted by molar-refractivity contribution is 8.18. The number of Topliss-reactive ketones (excluding diaryl/α,β-unsaturated/α-hetero) is 1. The smallest absolute Gasteiger partial charge is 0.186 e. The summed E-state index contributed by atoms with van der Waals surface area (Å²) in [5.41, 5.74) is 3.28. The summed E-state index contributed by atoms with van der Waals surface area (Å²) >= 11 is 9.84. The molecule has 126 valence electrons. The van der Waals surface area contributed by atoms with Crippen molar-refractivity contribution in [2.24, 2.45) is 7.05 Å². The van der Waals surface area contributed by atoms with Crippen LogP contribution in [0.4, 0.5) is 0 Å². The lowest BCUT2D eigenvalue weighted by Crippen LogP contribution is -2.19. The van der Waals surface area contributed by atoms with Gasteiger partial charge in [-0.25, -0.2) is 0 Å². The number of aromatic nitrogens is 2. The molecule has 0 amide bonds. The lowest BCUT2D eigenvalue weighted by atomic mass is 10.00. The van der Waals surface area contributed by atoms with Crippen LogP contribution >= 0.6 is 35.1 Å². The monoisotopic (exact) mass is 378 g/mol. The summed E-state index contributed by atoms with van der Waals surface area (Å²) in [6, 6.07) is 9.81. The van der Waals surface area contributed by atoms with Gasteiger partial charge in [0.1, 0.15) is 9.74 Å². The molecule has 3 rings (SSSR count). The van der Waals surface area contributed by atoms with Gasteiger partial charge in [-0.2, -0.15) is 5.10 Å². The van der Waals surface area contributed by atoms with Crippen LogP contribution in [0.2, 0.25) is 5.15 Å². The third kappa shape index (κ3) is 3.73. The fourth-order valence-electron chi connectivity index (χ4n) is 2.64. The van der Waals surface area contributed by atoms with Crippen LogP contribution in [0.25, 0.3) is 11.6 Å². The van der Waals surface area contributed by atoms with Gasteiger partial charge in [-0.1, -0.05) is 41.9 Å². The number of benzene rings is 1. The van der Waals surface area contributed by atoms with Crippen LogP contribution < -0.4 is 0 Å². The van der Waals surface area contributed by atoms with Crippen molar-refractivity contribution in [2.75, 3.05) is 11.5 Å². The minimum atomic E-state index is -0.0408. The van der Waals surface area contributed by atoms with E-state index in [9.17, 15) is 4.79 Å². The molecule has 1 fully saturated rings. The maximum atomic E-state index is 13.2. The van der Waals surface area contributed by atoms with Gasteiger partial charge in [-0.15, -0.1) is 23.5 Å². The number of rotatable bonds is 4. The zero-order valence-corrected chi connectivity index (χ0v) is 16.0. The van der Waals surface area contributed by atoms with Gasteiger partial charge in [0.2, 0.25) is 0 Å². The highest BCUT2D eigenvalue weighted by Crippen LogP contribution is 2.36. The molecule has 0 spiro atoms. The van der Waals surface area contributed by atoms with Gasteiger partial charge in [0, 0.05) is 18.2 Å². The van der Waals surface area contributed by atoms with Crippen molar-refractivity contribution in [3.63, 3.8) is 0 Å². The van der Waals surface area contributed by atoms with Crippen LogP contribution in [0.15, 0.2) is 30.3 Å². The van der Waals surface area contributed by atoms with Crippen LogP contribution in [-0.4, -0.2) is 31.7 Å². The molecule has 2 aromatic rings. The molecule has 0 radical (unpaired) electrons. The average Bonchev–Trinajstić information content (AvgIpc) is 2.86. The summed E-state index contributed by atoms with van der Waals surface area (Å²) in [5.74, 6) is 2.24. The van der Waals surface area contributed by atoms with Crippen LogP contribution in [0.3, 0.4) is 0 Å². The molecule has 6 heteroatoms. The molecule has 2 heterocycles. The predicted octanol–water partition coefficient (Wildman–Crippen LogP) is 4.69. The van der Waals surface area contributed by atoms with E-state index in [0.29, 0.717) is 10.7 Å². The SMILES string of the molecule is Cc1nn(C)c(Cl)c1/C=C(/C(=O)C1SCCCS1)c1ccccc1. The first-order valence-electron chi connectivity index (χ1n) is 7.81. The highest BCUT2D eigenvalue weighted by Gasteiger charge is 2.26. The Bertz CT molecular complexity index is 765. The van der Waals surface area contributed by atoms with Crippen LogP contribution in [0.5, 0.6) is 0 Å². The number of carbonyl (C=O) groups is 1. The molecular formula is C18H19ClN2OS2. The van der Waals surface area contributed by atoms with Crippen LogP contribution in [0.1, 0.15) is 23.2 Å². The lowest BCUT2D eigenvalue weighted by molar-refractivity contribution is -0.112. The van der Waals surface area contributed by atoms with Gasteiger partial charge in [-0.3, -0.25) is 9.48 Å². The molecule has 1 aromatic carbocycles. The molecule has 0 saturated carbocycles. The van der Waals surface area contributed by atoms with Crippen LogP contribution in [-0.2, 0) is 11.8 Å². The Morgan fingerprint density at radius 3 is 2.54 bits per heavy atom. The second kappa shape index (κ2) is 7.81. The molecule has 0 bridgehead atoms. The Balaban J connectivity index is 2.05. The first-order valence-corrected chi connectivity index (χ1v) is 10.3. The molecule has 1 aliphatic rings. The van der Waals surface area contributed by atoms with E-state index in [2.05, 4.69) is 5.10 Å². The highest BCUT2D eigenvalue weighted by atomic mass is 35.5. The van der Waals surface area contributed by atoms with E-state index in [1.165, 1.54) is 0 Å². The number of nitrogens with zero attached hydrogens (tertiary/aromatic N) is 2. The van der Waals surface area contributed by atoms with Crippen molar-refractivity contribution in [1.82, 2.24) is 9.78 Å². The van der Waals surface area contributed by atoms with Crippen molar-refractivity contribution >= 4 is 52.6 Å². The summed E-state index contributed by atoms with van der Waals surface area (Å²) in [6.07, 6.45) is 3.06. The van der Waals surface area contributed by atoms with Crippen molar-refractivity contribution in [1.29, 1.82) is 0 Å². The van der Waals surface area contributed by atoms with E-state index in [-0.39, 0.29) is 10.4 Å². The van der Waals surface area contributed by atoms with E-state index in [1.54, 1.807) is 28.2 Å². The van der Waals surface area contributed by atoms with Crippen molar-refractivity contribution < 1.29 is 4.79 Å². The number of thioether (sulfide) groups is 2. The second-order valence-electron chi connectivity index (χ2n) is 5.63. The maximum absolute atomic E-state index is 13.2. The number of hydrogen-bond acceptors (Lipinski definition) is 4. The third-order valence-corrected chi connectivity index (χ3v) is 7.22. The minimum absolute atomic E-state index is 0.0408. The van der Waals surface area contributed by atoms with Crippen molar-refractivity contribution in [3.8, 4) is 0 Å². The summed E-state index contributed by atoms with van der Waals surface area (Å²) in [4.78, 5) is 13.2. The first kappa shape index (κ1) is 17.6. The number of halogens is 1. The average molecular weight is 379 g/mol. The molecule has 0 unspecified atom stereocenters. The first-order chi connectivity index (χ1) is 11.6. The number of hydrogen-bond donors (Lipinski definition) is 0. The van der Waals surface area contributed by atoms with Crippen LogP contribution in [0, 0.1) is 6.92 Å². The topological polar surface area (TPSA) is 34.9 Å². The van der Waals surface area contributed by atoms with Crippen molar-refractivity contribution in [3.05, 3.63) is 52.3 Å². The summed E-state index contributed by atoms with van der Waals surface area (Å²) < 4.78 is 1.60. The molecule has 0 N–H and O–H groups in total. The Morgan fingerprint density at radius 2 is 1.96 bits per heavy atom. The zero-order chi connectivity index (χ0) is 17.1. The number of carbonyl (C=O) groups excluding carboxylic acids is 1. The standard InChI is InChI=1S/C18H19ClN2OS2/c1-12-14(17(19)21(2)20-12)11-15(13-7-4-3-5-8-13)16(22)18-23-9-6-10-24-18/h3-5,7-8,11,18H,6,9-10H2,1-2H3/b15-11+. The molecule has 1 aliphatic heterocycles. The fraction of sp³-hybridized carbons (Fsp3) is 0.333. The predicted molar refractivity (Wildman–Crippen MR) is 106 cm³/mol. The Morgan fingerprint density at radius 1 is 1.29 bits per heavy atom. The largest absolute Gasteiger partial charge is 0.292 e. The van der Waals surface area contributed by atoms with Gasteiger partial charge in [-0.05, 0) is 36.5 Å². The van der Waals surface area contributed by atoms with E-state index in [1.807, 2.05) is 50.4 Å². The molecule has 1 saturated heterocycles. The molecule has 1 aromatic heterocycles. The minimum Gasteiger partial charge on any atom is -0.292 e. The Hall–Kier alpha value is -1.17. The third-order valence-electron chi connectivity index (χ3n) is 3.88. The van der Waals surface area contributed by atoms with Crippen molar-refractivity contribution in [2.45, 2.75) is 17.9 Å². The number of aryl methyl sites for hydroxylation is 2. The van der Waals surface area contributed by atoms with E-state index < -0.39 is 0 Å². The normalized spacial score (nSPS) is 16.4. The summed E-state index contributed by atoms with van der Waals surface area (Å²) in [7, 11) is 1.81. The molecule has 24 heavy (non-hydrogen) atoms. The van der Waals surface area contributed by atoms with Gasteiger partial charge in [0.25, 0.3) is 0 Å². The number of ketones is 1. The summed E-state index contributed by atoms with van der Waals surface area (Å²) in [5, 5.41) is 4.90. The Labute approximate surface area is 155 Å². The molecular weight excluding hydrogens is 360 g/mol. The van der Waals surface area contributed by atoms with E-state index >= 15 is 0 Å². The Kier molecular flexibility index (Phi) is 5.74. The maximum Gasteiger partial charge on any atom is 0.186 e. The van der Waals surface area contributed by atoms with E-state index in [0.717, 1.165) is 34.7 Å². The quantitative estimate of drug-likeness (QED) is 0.723. The van der Waals surface area contributed by atoms with E-state index in [4.69, 9.17) is 11.6 Å². The molecule has 0 atom stereocenters. The zero-order valence-electron chi connectivity index (χ0n) is 13.7. The van der Waals surface area contributed by atoms with Gasteiger partial charge in [0.15, 0.2) is 5.78 Å².